The Hall–Kier alpha value is -4.34. The van der Waals surface area contributed by atoms with Crippen molar-refractivity contribution in [2.45, 2.75) is 6.54 Å². The summed E-state index contributed by atoms with van der Waals surface area (Å²) in [5.74, 6) is -0.632. The highest BCUT2D eigenvalue weighted by atomic mass is 16.2. The highest BCUT2D eigenvalue weighted by molar-refractivity contribution is 6.07. The molecule has 3 aromatic heterocycles. The summed E-state index contributed by atoms with van der Waals surface area (Å²) in [6.45, 7) is 3.78. The van der Waals surface area contributed by atoms with Crippen LogP contribution in [0.25, 0.3) is 22.3 Å². The van der Waals surface area contributed by atoms with Crippen molar-refractivity contribution in [1.82, 2.24) is 34.8 Å². The van der Waals surface area contributed by atoms with Gasteiger partial charge in [0.1, 0.15) is 17.8 Å². The van der Waals surface area contributed by atoms with Crippen molar-refractivity contribution < 1.29 is 9.59 Å². The van der Waals surface area contributed by atoms with Crippen molar-refractivity contribution in [3.63, 3.8) is 0 Å². The molecule has 0 saturated heterocycles. The van der Waals surface area contributed by atoms with Crippen LogP contribution in [0.2, 0.25) is 0 Å². The molecule has 0 saturated carbocycles. The lowest BCUT2D eigenvalue weighted by Gasteiger charge is -2.19. The first-order chi connectivity index (χ1) is 14.6. The highest BCUT2D eigenvalue weighted by Gasteiger charge is 2.23. The van der Waals surface area contributed by atoms with Crippen LogP contribution in [0.4, 0.5) is 5.82 Å². The van der Waals surface area contributed by atoms with Gasteiger partial charge in [-0.2, -0.15) is 10.2 Å². The summed E-state index contributed by atoms with van der Waals surface area (Å²) in [6.07, 6.45) is 5.76. The molecule has 0 fully saturated rings. The molecule has 0 spiro atoms. The summed E-state index contributed by atoms with van der Waals surface area (Å²) in [5.41, 5.74) is 8.25. The van der Waals surface area contributed by atoms with Crippen LogP contribution in [0.3, 0.4) is 0 Å². The van der Waals surface area contributed by atoms with Crippen LogP contribution in [-0.4, -0.2) is 53.2 Å². The number of hydrogen-bond acceptors (Lipinski definition) is 7. The Labute approximate surface area is 171 Å². The Morgan fingerprint density at radius 2 is 2.03 bits per heavy atom. The molecule has 0 radical (unpaired) electrons. The number of carbonyl (C=O) groups is 2. The molecule has 150 valence electrons. The molecule has 0 unspecified atom stereocenters. The van der Waals surface area contributed by atoms with Gasteiger partial charge in [-0.1, -0.05) is 24.8 Å². The van der Waals surface area contributed by atoms with Crippen LogP contribution in [0.5, 0.6) is 0 Å². The number of aromatic nitrogens is 6. The van der Waals surface area contributed by atoms with E-state index in [1.54, 1.807) is 47.4 Å². The van der Waals surface area contributed by atoms with Crippen LogP contribution >= 0.6 is 0 Å². The average Bonchev–Trinajstić information content (AvgIpc) is 3.43. The van der Waals surface area contributed by atoms with Gasteiger partial charge in [0.05, 0.1) is 18.1 Å². The maximum atomic E-state index is 12.8. The van der Waals surface area contributed by atoms with E-state index in [1.165, 1.54) is 6.33 Å². The topological polar surface area (TPSA) is 136 Å². The molecule has 0 bridgehead atoms. The predicted octanol–water partition coefficient (Wildman–Crippen LogP) is 1.65. The first-order valence-electron chi connectivity index (χ1n) is 9.09. The fourth-order valence-electron chi connectivity index (χ4n) is 3.12. The van der Waals surface area contributed by atoms with Crippen molar-refractivity contribution >= 4 is 28.7 Å². The van der Waals surface area contributed by atoms with E-state index < -0.39 is 11.8 Å². The van der Waals surface area contributed by atoms with Crippen LogP contribution < -0.4 is 5.73 Å². The fourth-order valence-corrected chi connectivity index (χ4v) is 3.12. The number of anilines is 1. The SMILES string of the molecule is C=CC(=O)N(CCn1nc(-c2cn[nH]c2)c2c(N)ncnc21)C(=O)c1ccccc1. The third-order valence-electron chi connectivity index (χ3n) is 4.57. The minimum atomic E-state index is -0.496. The second-order valence-corrected chi connectivity index (χ2v) is 6.38. The Morgan fingerprint density at radius 3 is 2.73 bits per heavy atom. The molecule has 0 aliphatic heterocycles. The van der Waals surface area contributed by atoms with Crippen molar-refractivity contribution in [1.29, 1.82) is 0 Å². The lowest BCUT2D eigenvalue weighted by molar-refractivity contribution is -0.123. The van der Waals surface area contributed by atoms with Crippen molar-refractivity contribution in [2.75, 3.05) is 12.3 Å². The number of rotatable bonds is 6. The Kier molecular flexibility index (Phi) is 5.04. The number of aromatic amines is 1. The Bertz CT molecular complexity index is 1210. The number of nitrogens with one attached hydrogen (secondary N) is 1. The first kappa shape index (κ1) is 19.0. The molecular weight excluding hydrogens is 384 g/mol. The number of H-pyrrole nitrogens is 1. The monoisotopic (exact) mass is 402 g/mol. The molecule has 3 heterocycles. The van der Waals surface area contributed by atoms with E-state index in [9.17, 15) is 9.59 Å². The molecule has 0 aliphatic rings. The zero-order valence-electron chi connectivity index (χ0n) is 15.9. The van der Waals surface area contributed by atoms with Crippen LogP contribution in [-0.2, 0) is 11.3 Å². The van der Waals surface area contributed by atoms with E-state index >= 15 is 0 Å². The maximum Gasteiger partial charge on any atom is 0.260 e. The quantitative estimate of drug-likeness (QED) is 0.468. The Balaban J connectivity index is 1.68. The number of nitrogen functional groups attached to an aromatic ring is 1. The van der Waals surface area contributed by atoms with E-state index in [2.05, 4.69) is 31.8 Å². The number of nitrogens with two attached hydrogens (primary N) is 1. The van der Waals surface area contributed by atoms with Crippen LogP contribution in [0, 0.1) is 0 Å². The predicted molar refractivity (Wildman–Crippen MR) is 110 cm³/mol. The van der Waals surface area contributed by atoms with Gasteiger partial charge in [-0.15, -0.1) is 0 Å². The molecule has 1 aromatic carbocycles. The van der Waals surface area contributed by atoms with Crippen LogP contribution in [0.15, 0.2) is 61.7 Å². The first-order valence-corrected chi connectivity index (χ1v) is 9.09. The average molecular weight is 402 g/mol. The summed E-state index contributed by atoms with van der Waals surface area (Å²) in [4.78, 5) is 34.7. The molecular formula is C20H18N8O2. The number of fused-ring (bicyclic) bond motifs is 1. The summed E-state index contributed by atoms with van der Waals surface area (Å²) in [7, 11) is 0. The molecule has 10 nitrogen and oxygen atoms in total. The second-order valence-electron chi connectivity index (χ2n) is 6.38. The lowest BCUT2D eigenvalue weighted by atomic mass is 10.2. The van der Waals surface area contributed by atoms with E-state index in [1.807, 2.05) is 0 Å². The number of amides is 2. The van der Waals surface area contributed by atoms with Crippen molar-refractivity contribution in [3.05, 3.63) is 67.3 Å². The summed E-state index contributed by atoms with van der Waals surface area (Å²) in [5, 5.41) is 11.8. The second kappa shape index (κ2) is 7.95. The number of carbonyl (C=O) groups excluding carboxylic acids is 2. The van der Waals surface area contributed by atoms with E-state index in [-0.39, 0.29) is 18.9 Å². The van der Waals surface area contributed by atoms with Gasteiger partial charge in [0.15, 0.2) is 5.65 Å². The van der Waals surface area contributed by atoms with E-state index in [0.717, 1.165) is 16.5 Å². The smallest absolute Gasteiger partial charge is 0.260 e. The third kappa shape index (κ3) is 3.41. The van der Waals surface area contributed by atoms with Gasteiger partial charge < -0.3 is 5.73 Å². The van der Waals surface area contributed by atoms with Gasteiger partial charge in [0, 0.05) is 23.9 Å². The Morgan fingerprint density at radius 1 is 1.23 bits per heavy atom. The summed E-state index contributed by atoms with van der Waals surface area (Å²) in [6, 6.07) is 8.58. The van der Waals surface area contributed by atoms with Gasteiger partial charge in [0.2, 0.25) is 0 Å². The standard InChI is InChI=1S/C20H18N8O2/c1-2-15(29)27(20(30)13-6-4-3-5-7-13)8-9-28-19-16(18(21)22-12-23-19)17(26-28)14-10-24-25-11-14/h2-7,10-12H,1,8-9H2,(H,24,25)(H2,21,22,23). The van der Waals surface area contributed by atoms with Gasteiger partial charge >= 0.3 is 0 Å². The molecule has 10 heteroatoms. The number of benzene rings is 1. The largest absolute Gasteiger partial charge is 0.383 e. The minimum absolute atomic E-state index is 0.0735. The van der Waals surface area contributed by atoms with Gasteiger partial charge in [-0.05, 0) is 18.2 Å². The van der Waals surface area contributed by atoms with Crippen LogP contribution in [0.1, 0.15) is 10.4 Å². The molecule has 0 aliphatic carbocycles. The zero-order chi connectivity index (χ0) is 21.1. The molecule has 0 atom stereocenters. The van der Waals surface area contributed by atoms with Gasteiger partial charge in [0.25, 0.3) is 11.8 Å². The summed E-state index contributed by atoms with van der Waals surface area (Å²) >= 11 is 0. The number of imide groups is 1. The molecule has 30 heavy (non-hydrogen) atoms. The summed E-state index contributed by atoms with van der Waals surface area (Å²) < 4.78 is 1.59. The number of nitrogens with zero attached hydrogens (tertiary/aromatic N) is 6. The fraction of sp³-hybridized carbons (Fsp3) is 0.100. The van der Waals surface area contributed by atoms with Gasteiger partial charge in [-0.25, -0.2) is 14.6 Å². The zero-order valence-corrected chi connectivity index (χ0v) is 15.9. The van der Waals surface area contributed by atoms with E-state index in [4.69, 9.17) is 5.73 Å². The maximum absolute atomic E-state index is 12.8. The van der Waals surface area contributed by atoms with Crippen molar-refractivity contribution in [2.24, 2.45) is 0 Å². The van der Waals surface area contributed by atoms with Gasteiger partial charge in [-0.3, -0.25) is 19.6 Å². The molecule has 4 rings (SSSR count). The van der Waals surface area contributed by atoms with E-state index in [0.29, 0.717) is 22.3 Å². The normalized spacial score (nSPS) is 10.8. The minimum Gasteiger partial charge on any atom is -0.383 e. The molecule has 4 aromatic rings. The molecule has 3 N–H and O–H groups in total. The molecule has 2 amide bonds. The van der Waals surface area contributed by atoms with Crippen molar-refractivity contribution in [3.8, 4) is 11.3 Å². The number of hydrogen-bond donors (Lipinski definition) is 2. The lowest BCUT2D eigenvalue weighted by Crippen LogP contribution is -2.38. The highest BCUT2D eigenvalue weighted by Crippen LogP contribution is 2.29. The third-order valence-corrected chi connectivity index (χ3v) is 4.57.